The predicted octanol–water partition coefficient (Wildman–Crippen LogP) is 2.60. The molecule has 7 nitrogen and oxygen atoms in total. The third-order valence-electron chi connectivity index (χ3n) is 4.37. The highest BCUT2D eigenvalue weighted by Crippen LogP contribution is 2.21. The van der Waals surface area contributed by atoms with Crippen molar-refractivity contribution < 1.29 is 14.3 Å². The molecule has 1 N–H and O–H groups in total. The molecule has 1 saturated heterocycles. The van der Waals surface area contributed by atoms with Crippen molar-refractivity contribution in [2.75, 3.05) is 18.1 Å². The first-order valence-electron chi connectivity index (χ1n) is 8.94. The molecule has 0 aromatic heterocycles. The lowest BCUT2D eigenvalue weighted by Crippen LogP contribution is -2.25. The molecule has 1 aliphatic heterocycles. The molecule has 0 bridgehead atoms. The van der Waals surface area contributed by atoms with E-state index in [1.807, 2.05) is 30.3 Å². The Hall–Kier alpha value is -3.66. The van der Waals surface area contributed by atoms with Crippen LogP contribution in [0.25, 0.3) is 0 Å². The maximum Gasteiger partial charge on any atom is 0.277 e. The summed E-state index contributed by atoms with van der Waals surface area (Å²) in [6.45, 7) is 2.36. The molecule has 0 unspecified atom stereocenters. The molecule has 2 aromatic rings. The molecule has 142 valence electrons. The fraction of sp³-hybridized carbons (Fsp3) is 0.238. The van der Waals surface area contributed by atoms with Gasteiger partial charge in [-0.1, -0.05) is 12.1 Å². The number of amides is 2. The summed E-state index contributed by atoms with van der Waals surface area (Å²) in [5.41, 5.74) is 5.35. The minimum atomic E-state index is -0.386. The Kier molecular flexibility index (Phi) is 6.02. The van der Waals surface area contributed by atoms with Crippen molar-refractivity contribution in [2.24, 2.45) is 5.10 Å². The number of hydrogen-bond donors (Lipinski definition) is 1. The van der Waals surface area contributed by atoms with Gasteiger partial charge in [-0.3, -0.25) is 9.59 Å². The maximum absolute atomic E-state index is 11.9. The van der Waals surface area contributed by atoms with Gasteiger partial charge in [-0.05, 0) is 55.3 Å². The van der Waals surface area contributed by atoms with Gasteiger partial charge in [-0.15, -0.1) is 0 Å². The van der Waals surface area contributed by atoms with Crippen LogP contribution in [0.15, 0.2) is 53.6 Å². The number of benzene rings is 2. The molecule has 2 aromatic carbocycles. The first kappa shape index (κ1) is 19.1. The molecule has 7 heteroatoms. The highest BCUT2D eigenvalue weighted by atomic mass is 16.5. The van der Waals surface area contributed by atoms with Crippen molar-refractivity contribution in [3.8, 4) is 11.8 Å². The Balaban J connectivity index is 1.52. The molecule has 1 aliphatic rings. The number of anilines is 1. The highest BCUT2D eigenvalue weighted by molar-refractivity contribution is 6.00. The van der Waals surface area contributed by atoms with Gasteiger partial charge in [0.25, 0.3) is 5.91 Å². The average Bonchev–Trinajstić information content (AvgIpc) is 3.16. The van der Waals surface area contributed by atoms with E-state index in [2.05, 4.69) is 10.5 Å². The van der Waals surface area contributed by atoms with Crippen LogP contribution >= 0.6 is 0 Å². The summed E-state index contributed by atoms with van der Waals surface area (Å²) in [6, 6.07) is 16.0. The van der Waals surface area contributed by atoms with E-state index in [1.165, 1.54) is 0 Å². The molecule has 0 radical (unpaired) electrons. The van der Waals surface area contributed by atoms with Gasteiger partial charge in [0.15, 0.2) is 6.61 Å². The summed E-state index contributed by atoms with van der Waals surface area (Å²) >= 11 is 0. The number of hydrogen-bond acceptors (Lipinski definition) is 5. The van der Waals surface area contributed by atoms with Crippen molar-refractivity contribution in [3.05, 3.63) is 59.7 Å². The van der Waals surface area contributed by atoms with E-state index in [0.717, 1.165) is 24.2 Å². The third kappa shape index (κ3) is 4.74. The van der Waals surface area contributed by atoms with Crippen LogP contribution < -0.4 is 15.1 Å². The van der Waals surface area contributed by atoms with Gasteiger partial charge >= 0.3 is 0 Å². The van der Waals surface area contributed by atoms with Gasteiger partial charge in [0.05, 0.1) is 17.3 Å². The van der Waals surface area contributed by atoms with Crippen LogP contribution in [0.5, 0.6) is 5.75 Å². The molecule has 2 amide bonds. The average molecular weight is 376 g/mol. The summed E-state index contributed by atoms with van der Waals surface area (Å²) in [5.74, 6) is 0.262. The number of carbonyl (C=O) groups is 2. The Morgan fingerprint density at radius 1 is 1.21 bits per heavy atom. The number of ether oxygens (including phenoxy) is 1. The molecule has 0 atom stereocenters. The molecule has 3 rings (SSSR count). The van der Waals surface area contributed by atoms with E-state index in [1.54, 1.807) is 36.1 Å². The standard InChI is InChI=1S/C21H20N4O3/c1-15(17-6-8-18(9-7-17)25-12-2-3-21(25)27)23-24-20(26)14-28-19-10-4-16(13-22)5-11-19/h4-11H,2-3,12,14H2,1H3,(H,24,26)/b23-15-. The molecular formula is C21H20N4O3. The van der Waals surface area contributed by atoms with Crippen LogP contribution in [0, 0.1) is 11.3 Å². The van der Waals surface area contributed by atoms with Gasteiger partial charge in [0.2, 0.25) is 5.91 Å². The SMILES string of the molecule is C/C(=N/NC(=O)COc1ccc(C#N)cc1)c1ccc(N2CCCC2=O)cc1. The van der Waals surface area contributed by atoms with E-state index in [9.17, 15) is 9.59 Å². The zero-order valence-corrected chi connectivity index (χ0v) is 15.5. The summed E-state index contributed by atoms with van der Waals surface area (Å²) in [4.78, 5) is 25.5. The topological polar surface area (TPSA) is 94.8 Å². The minimum absolute atomic E-state index is 0.146. The van der Waals surface area contributed by atoms with Gasteiger partial charge in [0, 0.05) is 18.7 Å². The van der Waals surface area contributed by atoms with Crippen LogP contribution in [0.2, 0.25) is 0 Å². The highest BCUT2D eigenvalue weighted by Gasteiger charge is 2.21. The molecule has 1 heterocycles. The molecule has 0 spiro atoms. The lowest BCUT2D eigenvalue weighted by molar-refractivity contribution is -0.123. The second-order valence-corrected chi connectivity index (χ2v) is 6.35. The first-order chi connectivity index (χ1) is 13.6. The number of hydrazone groups is 1. The summed E-state index contributed by atoms with van der Waals surface area (Å²) in [7, 11) is 0. The summed E-state index contributed by atoms with van der Waals surface area (Å²) in [6.07, 6.45) is 1.48. The Bertz CT molecular complexity index is 928. The molecule has 28 heavy (non-hydrogen) atoms. The first-order valence-corrected chi connectivity index (χ1v) is 8.94. The Labute approximate surface area is 163 Å². The van der Waals surface area contributed by atoms with E-state index < -0.39 is 0 Å². The van der Waals surface area contributed by atoms with Crippen LogP contribution in [-0.4, -0.2) is 30.7 Å². The normalized spacial score (nSPS) is 13.9. The van der Waals surface area contributed by atoms with Crippen molar-refractivity contribution in [1.29, 1.82) is 5.26 Å². The third-order valence-corrected chi connectivity index (χ3v) is 4.37. The summed E-state index contributed by atoms with van der Waals surface area (Å²) < 4.78 is 5.36. The number of nitrogens with zero attached hydrogens (tertiary/aromatic N) is 3. The second-order valence-electron chi connectivity index (χ2n) is 6.35. The van der Waals surface area contributed by atoms with Crippen LogP contribution in [0.4, 0.5) is 5.69 Å². The molecule has 1 fully saturated rings. The fourth-order valence-electron chi connectivity index (χ4n) is 2.82. The number of rotatable bonds is 6. The van der Waals surface area contributed by atoms with Gasteiger partial charge < -0.3 is 9.64 Å². The summed E-state index contributed by atoms with van der Waals surface area (Å²) in [5, 5.41) is 12.8. The lowest BCUT2D eigenvalue weighted by atomic mass is 10.1. The minimum Gasteiger partial charge on any atom is -0.484 e. The fourth-order valence-corrected chi connectivity index (χ4v) is 2.82. The maximum atomic E-state index is 11.9. The van der Waals surface area contributed by atoms with Crippen LogP contribution in [-0.2, 0) is 9.59 Å². The van der Waals surface area contributed by atoms with Crippen molar-refractivity contribution >= 4 is 23.2 Å². The zero-order valence-electron chi connectivity index (χ0n) is 15.5. The number of carbonyl (C=O) groups excluding carboxylic acids is 2. The Morgan fingerprint density at radius 3 is 2.54 bits per heavy atom. The Morgan fingerprint density at radius 2 is 1.93 bits per heavy atom. The number of nitrogens with one attached hydrogen (secondary N) is 1. The van der Waals surface area contributed by atoms with Crippen molar-refractivity contribution in [2.45, 2.75) is 19.8 Å². The van der Waals surface area contributed by atoms with Crippen LogP contribution in [0.1, 0.15) is 30.9 Å². The molecular weight excluding hydrogens is 356 g/mol. The lowest BCUT2D eigenvalue weighted by Gasteiger charge is -2.15. The van der Waals surface area contributed by atoms with Crippen molar-refractivity contribution in [3.63, 3.8) is 0 Å². The zero-order chi connectivity index (χ0) is 19.9. The van der Waals surface area contributed by atoms with E-state index >= 15 is 0 Å². The van der Waals surface area contributed by atoms with Gasteiger partial charge in [-0.2, -0.15) is 10.4 Å². The second kappa shape index (κ2) is 8.82. The van der Waals surface area contributed by atoms with Gasteiger partial charge in [0.1, 0.15) is 5.75 Å². The quantitative estimate of drug-likeness (QED) is 0.619. The predicted molar refractivity (Wildman–Crippen MR) is 105 cm³/mol. The van der Waals surface area contributed by atoms with E-state index in [-0.39, 0.29) is 18.4 Å². The van der Waals surface area contributed by atoms with E-state index in [0.29, 0.717) is 23.4 Å². The van der Waals surface area contributed by atoms with Gasteiger partial charge in [-0.25, -0.2) is 5.43 Å². The largest absolute Gasteiger partial charge is 0.484 e. The number of nitriles is 1. The van der Waals surface area contributed by atoms with Crippen LogP contribution in [0.3, 0.4) is 0 Å². The monoisotopic (exact) mass is 376 g/mol. The molecule has 0 saturated carbocycles. The van der Waals surface area contributed by atoms with Crippen molar-refractivity contribution in [1.82, 2.24) is 5.43 Å². The van der Waals surface area contributed by atoms with E-state index in [4.69, 9.17) is 10.00 Å². The molecule has 0 aliphatic carbocycles. The smallest absolute Gasteiger partial charge is 0.277 e.